The highest BCUT2D eigenvalue weighted by Crippen LogP contribution is 2.37. The number of halogens is 1. The molecule has 1 aromatic rings. The quantitative estimate of drug-likeness (QED) is 0.755. The van der Waals surface area contributed by atoms with Gasteiger partial charge in [0.1, 0.15) is 5.82 Å². The van der Waals surface area contributed by atoms with Crippen LogP contribution in [0.2, 0.25) is 0 Å². The molecular formula is C12H14FNO. The van der Waals surface area contributed by atoms with Gasteiger partial charge >= 0.3 is 0 Å². The third-order valence-corrected chi connectivity index (χ3v) is 2.90. The van der Waals surface area contributed by atoms with Crippen LogP contribution in [-0.4, -0.2) is 11.3 Å². The minimum Gasteiger partial charge on any atom is -0.319 e. The van der Waals surface area contributed by atoms with Crippen LogP contribution in [0.3, 0.4) is 0 Å². The Bertz CT molecular complexity index is 412. The van der Waals surface area contributed by atoms with Crippen molar-refractivity contribution < 1.29 is 9.18 Å². The normalized spacial score (nSPS) is 17.6. The molecule has 15 heavy (non-hydrogen) atoms. The van der Waals surface area contributed by atoms with Gasteiger partial charge in [0.05, 0.1) is 11.1 Å². The van der Waals surface area contributed by atoms with E-state index in [0.29, 0.717) is 18.4 Å². The first kappa shape index (κ1) is 10.3. The van der Waals surface area contributed by atoms with Crippen LogP contribution in [-0.2, 0) is 0 Å². The molecule has 1 aromatic carbocycles. The van der Waals surface area contributed by atoms with Gasteiger partial charge in [-0.05, 0) is 43.9 Å². The summed E-state index contributed by atoms with van der Waals surface area (Å²) >= 11 is 0. The Morgan fingerprint density at radius 3 is 2.47 bits per heavy atom. The maximum absolute atomic E-state index is 13.6. The standard InChI is InChI=1S/C12H14FNO/c1-7-5-8(2)10(9(13)6-7)11(15)12(14)3-4-12/h5-6H,3-4,14H2,1-2H3. The zero-order valence-corrected chi connectivity index (χ0v) is 8.93. The van der Waals surface area contributed by atoms with E-state index < -0.39 is 11.4 Å². The molecule has 2 rings (SSSR count). The van der Waals surface area contributed by atoms with Gasteiger partial charge < -0.3 is 5.73 Å². The fraction of sp³-hybridized carbons (Fsp3) is 0.417. The van der Waals surface area contributed by atoms with Crippen molar-refractivity contribution >= 4 is 5.78 Å². The van der Waals surface area contributed by atoms with Crippen LogP contribution in [0.25, 0.3) is 0 Å². The van der Waals surface area contributed by atoms with E-state index in [-0.39, 0.29) is 11.3 Å². The lowest BCUT2D eigenvalue weighted by atomic mass is 9.96. The summed E-state index contributed by atoms with van der Waals surface area (Å²) in [6, 6.07) is 3.19. The molecule has 0 atom stereocenters. The summed E-state index contributed by atoms with van der Waals surface area (Å²) in [5, 5.41) is 0. The smallest absolute Gasteiger partial charge is 0.185 e. The van der Waals surface area contributed by atoms with Gasteiger partial charge in [0.15, 0.2) is 5.78 Å². The summed E-state index contributed by atoms with van der Waals surface area (Å²) in [6.45, 7) is 3.55. The van der Waals surface area contributed by atoms with E-state index >= 15 is 0 Å². The second-order valence-corrected chi connectivity index (χ2v) is 4.42. The summed E-state index contributed by atoms with van der Waals surface area (Å²) in [4.78, 5) is 11.9. The lowest BCUT2D eigenvalue weighted by Crippen LogP contribution is -2.34. The first-order chi connectivity index (χ1) is 6.94. The molecule has 0 amide bonds. The zero-order chi connectivity index (χ0) is 11.2. The van der Waals surface area contributed by atoms with Crippen molar-refractivity contribution in [2.45, 2.75) is 32.2 Å². The largest absolute Gasteiger partial charge is 0.319 e. The van der Waals surface area contributed by atoms with Gasteiger partial charge in [-0.25, -0.2) is 4.39 Å². The maximum atomic E-state index is 13.6. The first-order valence-electron chi connectivity index (χ1n) is 5.04. The molecule has 1 saturated carbocycles. The summed E-state index contributed by atoms with van der Waals surface area (Å²) in [7, 11) is 0. The highest BCUT2D eigenvalue weighted by atomic mass is 19.1. The molecular weight excluding hydrogens is 193 g/mol. The number of aryl methyl sites for hydroxylation is 2. The van der Waals surface area contributed by atoms with Crippen molar-refractivity contribution in [3.8, 4) is 0 Å². The summed E-state index contributed by atoms with van der Waals surface area (Å²) in [5.74, 6) is -0.702. The van der Waals surface area contributed by atoms with Crippen LogP contribution >= 0.6 is 0 Å². The van der Waals surface area contributed by atoms with Crippen LogP contribution in [0.5, 0.6) is 0 Å². The predicted octanol–water partition coefficient (Wildman–Crippen LogP) is 2.12. The van der Waals surface area contributed by atoms with E-state index in [2.05, 4.69) is 0 Å². The molecule has 0 aromatic heterocycles. The maximum Gasteiger partial charge on any atom is 0.185 e. The average Bonchev–Trinajstić information content (AvgIpc) is 2.82. The SMILES string of the molecule is Cc1cc(C)c(C(=O)C2(N)CC2)c(F)c1. The summed E-state index contributed by atoms with van der Waals surface area (Å²) < 4.78 is 13.6. The molecule has 0 unspecified atom stereocenters. The van der Waals surface area contributed by atoms with Gasteiger partial charge in [-0.3, -0.25) is 4.79 Å². The van der Waals surface area contributed by atoms with E-state index in [1.165, 1.54) is 6.07 Å². The van der Waals surface area contributed by atoms with Gasteiger partial charge in [-0.2, -0.15) is 0 Å². The van der Waals surface area contributed by atoms with Crippen molar-refractivity contribution in [3.63, 3.8) is 0 Å². The van der Waals surface area contributed by atoms with Crippen LogP contribution in [0.1, 0.15) is 34.3 Å². The molecule has 3 heteroatoms. The number of carbonyl (C=O) groups is 1. The molecule has 0 saturated heterocycles. The van der Waals surface area contributed by atoms with Crippen molar-refractivity contribution in [2.24, 2.45) is 5.73 Å². The predicted molar refractivity (Wildman–Crippen MR) is 56.4 cm³/mol. The molecule has 80 valence electrons. The monoisotopic (exact) mass is 207 g/mol. The molecule has 0 heterocycles. The minimum atomic E-state index is -0.791. The van der Waals surface area contributed by atoms with Gasteiger partial charge in [-0.15, -0.1) is 0 Å². The minimum absolute atomic E-state index is 0.167. The van der Waals surface area contributed by atoms with Crippen LogP contribution < -0.4 is 5.73 Å². The molecule has 2 N–H and O–H groups in total. The van der Waals surface area contributed by atoms with Gasteiger partial charge in [0.25, 0.3) is 0 Å². The summed E-state index contributed by atoms with van der Waals surface area (Å²) in [6.07, 6.45) is 1.33. The Labute approximate surface area is 88.3 Å². The second-order valence-electron chi connectivity index (χ2n) is 4.42. The Kier molecular flexibility index (Phi) is 2.15. The third kappa shape index (κ3) is 1.67. The van der Waals surface area contributed by atoms with E-state index in [1.807, 2.05) is 6.07 Å². The zero-order valence-electron chi connectivity index (χ0n) is 8.93. The Morgan fingerprint density at radius 1 is 1.40 bits per heavy atom. The van der Waals surface area contributed by atoms with Crippen molar-refractivity contribution in [2.75, 3.05) is 0 Å². The van der Waals surface area contributed by atoms with Crippen molar-refractivity contribution in [1.82, 2.24) is 0 Å². The highest BCUT2D eigenvalue weighted by Gasteiger charge is 2.47. The van der Waals surface area contributed by atoms with E-state index in [9.17, 15) is 9.18 Å². The molecule has 0 aliphatic heterocycles. The van der Waals surface area contributed by atoms with Crippen molar-refractivity contribution in [1.29, 1.82) is 0 Å². The Balaban J connectivity index is 2.48. The Morgan fingerprint density at radius 2 is 2.00 bits per heavy atom. The number of ketones is 1. The number of hydrogen-bond donors (Lipinski definition) is 1. The molecule has 2 nitrogen and oxygen atoms in total. The lowest BCUT2D eigenvalue weighted by molar-refractivity contribution is 0.0944. The molecule has 1 fully saturated rings. The molecule has 1 aliphatic rings. The van der Waals surface area contributed by atoms with E-state index in [0.717, 1.165) is 5.56 Å². The first-order valence-corrected chi connectivity index (χ1v) is 5.04. The fourth-order valence-electron chi connectivity index (χ4n) is 1.81. The number of rotatable bonds is 2. The summed E-state index contributed by atoms with van der Waals surface area (Å²) in [5.41, 5.74) is 6.66. The third-order valence-electron chi connectivity index (χ3n) is 2.90. The average molecular weight is 207 g/mol. The van der Waals surface area contributed by atoms with Crippen LogP contribution in [0.4, 0.5) is 4.39 Å². The highest BCUT2D eigenvalue weighted by molar-refractivity contribution is 6.06. The van der Waals surface area contributed by atoms with Crippen molar-refractivity contribution in [3.05, 3.63) is 34.6 Å². The fourth-order valence-corrected chi connectivity index (χ4v) is 1.81. The topological polar surface area (TPSA) is 43.1 Å². The van der Waals surface area contributed by atoms with Crippen LogP contribution in [0, 0.1) is 19.7 Å². The molecule has 0 bridgehead atoms. The number of nitrogens with two attached hydrogens (primary N) is 1. The molecule has 0 radical (unpaired) electrons. The van der Waals surface area contributed by atoms with E-state index in [4.69, 9.17) is 5.73 Å². The van der Waals surface area contributed by atoms with Gasteiger partial charge in [0.2, 0.25) is 0 Å². The molecule has 0 spiro atoms. The second kappa shape index (κ2) is 3.14. The molecule has 1 aliphatic carbocycles. The van der Waals surface area contributed by atoms with Gasteiger partial charge in [-0.1, -0.05) is 6.07 Å². The van der Waals surface area contributed by atoms with E-state index in [1.54, 1.807) is 13.8 Å². The Hall–Kier alpha value is -1.22. The van der Waals surface area contributed by atoms with Gasteiger partial charge in [0, 0.05) is 0 Å². The lowest BCUT2D eigenvalue weighted by Gasteiger charge is -2.11. The van der Waals surface area contributed by atoms with Crippen LogP contribution in [0.15, 0.2) is 12.1 Å². The number of Topliss-reactive ketones (excluding diaryl/α,β-unsaturated/α-hetero) is 1. The number of benzene rings is 1. The number of hydrogen-bond acceptors (Lipinski definition) is 2. The number of carbonyl (C=O) groups excluding carboxylic acids is 1.